The van der Waals surface area contributed by atoms with Gasteiger partial charge in [0, 0.05) is 5.38 Å². The summed E-state index contributed by atoms with van der Waals surface area (Å²) in [6.45, 7) is 0.707. The van der Waals surface area contributed by atoms with Crippen LogP contribution in [0.1, 0.15) is 5.69 Å². The first kappa shape index (κ1) is 26.6. The number of nitrogens with two attached hydrogens (primary N) is 2. The van der Waals surface area contributed by atoms with E-state index in [0.717, 1.165) is 5.69 Å². The van der Waals surface area contributed by atoms with E-state index in [2.05, 4.69) is 20.3 Å². The van der Waals surface area contributed by atoms with Gasteiger partial charge in [0.1, 0.15) is 5.69 Å². The first-order valence-electron chi connectivity index (χ1n) is 6.87. The van der Waals surface area contributed by atoms with Crippen LogP contribution in [0, 0.1) is 0 Å². The van der Waals surface area contributed by atoms with E-state index >= 15 is 0 Å². The number of nitrogens with zero attached hydrogens (tertiary/aromatic N) is 4. The van der Waals surface area contributed by atoms with E-state index in [0.29, 0.717) is 29.6 Å². The molecule has 8 nitrogen and oxygen atoms in total. The molecule has 0 atom stereocenters. The van der Waals surface area contributed by atoms with E-state index in [1.807, 2.05) is 37.7 Å². The molecular weight excluding hydrogens is 421 g/mol. The van der Waals surface area contributed by atoms with Crippen LogP contribution in [-0.2, 0) is 11.3 Å². The molecule has 0 unspecified atom stereocenters. The molecule has 0 aliphatic heterocycles. The summed E-state index contributed by atoms with van der Waals surface area (Å²) in [5.41, 5.74) is 12.8. The van der Waals surface area contributed by atoms with Crippen LogP contribution in [0.3, 0.4) is 0 Å². The standard InChI is InChI=1S/C14H19N7OS.3ClH/c1-21(2)7-12(22)17-6-9-4-3-5-10(18-9)11-8-23-14(19-11)20-13(15)16;;;/h3-5,8H,6-7H2,1-2H3,(H,17,22)(H4,15,16,19,20);3*1H. The molecule has 0 saturated carbocycles. The molecule has 26 heavy (non-hydrogen) atoms. The summed E-state index contributed by atoms with van der Waals surface area (Å²) in [5, 5.41) is 5.13. The molecule has 2 rings (SSSR count). The first-order chi connectivity index (χ1) is 10.9. The molecule has 0 aliphatic rings. The van der Waals surface area contributed by atoms with Crippen LogP contribution in [0.15, 0.2) is 28.6 Å². The second-order valence-corrected chi connectivity index (χ2v) is 5.92. The second-order valence-electron chi connectivity index (χ2n) is 5.08. The van der Waals surface area contributed by atoms with Crippen LogP contribution in [0.5, 0.6) is 0 Å². The van der Waals surface area contributed by atoms with Gasteiger partial charge in [0.15, 0.2) is 5.96 Å². The zero-order valence-electron chi connectivity index (χ0n) is 14.2. The predicted molar refractivity (Wildman–Crippen MR) is 113 cm³/mol. The van der Waals surface area contributed by atoms with Crippen LogP contribution in [0.4, 0.5) is 5.13 Å². The van der Waals surface area contributed by atoms with Crippen molar-refractivity contribution < 1.29 is 4.79 Å². The summed E-state index contributed by atoms with van der Waals surface area (Å²) in [4.78, 5) is 26.2. The number of aliphatic imine (C=N–C) groups is 1. The van der Waals surface area contributed by atoms with Gasteiger partial charge in [-0.25, -0.2) is 9.97 Å². The minimum atomic E-state index is -0.0501. The van der Waals surface area contributed by atoms with Crippen molar-refractivity contribution in [3.8, 4) is 11.4 Å². The Balaban J connectivity index is 0. The summed E-state index contributed by atoms with van der Waals surface area (Å²) in [5.74, 6) is -0.0814. The Bertz CT molecular complexity index is 720. The molecule has 146 valence electrons. The van der Waals surface area contributed by atoms with Crippen LogP contribution >= 0.6 is 48.6 Å². The van der Waals surface area contributed by atoms with Gasteiger partial charge in [-0.1, -0.05) is 6.07 Å². The van der Waals surface area contributed by atoms with E-state index in [1.54, 1.807) is 4.90 Å². The van der Waals surface area contributed by atoms with Gasteiger partial charge < -0.3 is 21.7 Å². The highest BCUT2D eigenvalue weighted by molar-refractivity contribution is 7.13. The largest absolute Gasteiger partial charge is 0.370 e. The number of aromatic nitrogens is 2. The molecule has 2 aromatic heterocycles. The number of nitrogens with one attached hydrogen (secondary N) is 1. The number of hydrogen-bond acceptors (Lipinski definition) is 6. The number of carbonyl (C=O) groups is 1. The Labute approximate surface area is 174 Å². The van der Waals surface area contributed by atoms with E-state index in [4.69, 9.17) is 11.5 Å². The van der Waals surface area contributed by atoms with Crippen molar-refractivity contribution in [3.05, 3.63) is 29.3 Å². The van der Waals surface area contributed by atoms with E-state index in [-0.39, 0.29) is 49.1 Å². The fraction of sp³-hybridized carbons (Fsp3) is 0.286. The molecule has 0 spiro atoms. The smallest absolute Gasteiger partial charge is 0.234 e. The molecule has 5 N–H and O–H groups in total. The normalized spacial score (nSPS) is 9.35. The number of carbonyl (C=O) groups excluding carboxylic acids is 1. The average molecular weight is 443 g/mol. The summed E-state index contributed by atoms with van der Waals surface area (Å²) in [6, 6.07) is 5.57. The molecule has 12 heteroatoms. The lowest BCUT2D eigenvalue weighted by Gasteiger charge is -2.10. The number of hydrogen-bond donors (Lipinski definition) is 3. The number of amides is 1. The Morgan fingerprint density at radius 1 is 1.19 bits per heavy atom. The van der Waals surface area contributed by atoms with Gasteiger partial charge in [-0.05, 0) is 26.2 Å². The average Bonchev–Trinajstić information content (AvgIpc) is 2.92. The number of thiazole rings is 1. The Morgan fingerprint density at radius 2 is 1.88 bits per heavy atom. The van der Waals surface area contributed by atoms with Crippen LogP contribution in [0.25, 0.3) is 11.4 Å². The zero-order chi connectivity index (χ0) is 16.8. The maximum Gasteiger partial charge on any atom is 0.234 e. The number of pyridine rings is 1. The topological polar surface area (TPSA) is 123 Å². The summed E-state index contributed by atoms with van der Waals surface area (Å²) in [7, 11) is 3.68. The molecule has 0 saturated heterocycles. The molecule has 0 aromatic carbocycles. The Kier molecular flexibility index (Phi) is 12.9. The van der Waals surface area contributed by atoms with Crippen molar-refractivity contribution in [3.63, 3.8) is 0 Å². The molecule has 2 heterocycles. The van der Waals surface area contributed by atoms with Crippen LogP contribution in [-0.4, -0.2) is 47.4 Å². The first-order valence-corrected chi connectivity index (χ1v) is 7.75. The van der Waals surface area contributed by atoms with Crippen molar-refractivity contribution in [2.45, 2.75) is 6.54 Å². The third-order valence-corrected chi connectivity index (χ3v) is 3.45. The highest BCUT2D eigenvalue weighted by Gasteiger charge is 2.08. The third-order valence-electron chi connectivity index (χ3n) is 2.71. The molecule has 0 radical (unpaired) electrons. The highest BCUT2D eigenvalue weighted by atomic mass is 35.5. The number of halogens is 3. The predicted octanol–water partition coefficient (Wildman–Crippen LogP) is 1.55. The lowest BCUT2D eigenvalue weighted by molar-refractivity contribution is -0.121. The SMILES string of the molecule is CN(C)CC(=O)NCc1cccc(-c2csc(N=C(N)N)n2)n1.Cl.Cl.Cl. The van der Waals surface area contributed by atoms with Crippen LogP contribution < -0.4 is 16.8 Å². The quantitative estimate of drug-likeness (QED) is 0.461. The monoisotopic (exact) mass is 441 g/mol. The Hall–Kier alpha value is -1.65. The Morgan fingerprint density at radius 3 is 2.50 bits per heavy atom. The second kappa shape index (κ2) is 12.7. The number of guanidine groups is 1. The maximum atomic E-state index is 11.7. The molecule has 0 aliphatic carbocycles. The van der Waals surface area contributed by atoms with Gasteiger partial charge in [-0.3, -0.25) is 4.79 Å². The van der Waals surface area contributed by atoms with Gasteiger partial charge in [0.05, 0.1) is 24.5 Å². The molecular formula is C14H22Cl3N7OS. The van der Waals surface area contributed by atoms with Crippen molar-refractivity contribution in [1.82, 2.24) is 20.2 Å². The van der Waals surface area contributed by atoms with Crippen molar-refractivity contribution in [1.29, 1.82) is 0 Å². The van der Waals surface area contributed by atoms with Crippen molar-refractivity contribution in [2.75, 3.05) is 20.6 Å². The maximum absolute atomic E-state index is 11.7. The lowest BCUT2D eigenvalue weighted by Crippen LogP contribution is -2.33. The lowest BCUT2D eigenvalue weighted by atomic mass is 10.2. The molecule has 0 bridgehead atoms. The van der Waals surface area contributed by atoms with Crippen LogP contribution in [0.2, 0.25) is 0 Å². The van der Waals surface area contributed by atoms with Gasteiger partial charge in [0.2, 0.25) is 11.0 Å². The van der Waals surface area contributed by atoms with Gasteiger partial charge in [0.25, 0.3) is 0 Å². The van der Waals surface area contributed by atoms with Crippen molar-refractivity contribution in [2.24, 2.45) is 16.5 Å². The van der Waals surface area contributed by atoms with Gasteiger partial charge in [-0.15, -0.1) is 48.6 Å². The summed E-state index contributed by atoms with van der Waals surface area (Å²) < 4.78 is 0. The summed E-state index contributed by atoms with van der Waals surface area (Å²) in [6.07, 6.45) is 0. The number of rotatable bonds is 6. The fourth-order valence-electron chi connectivity index (χ4n) is 1.80. The number of likely N-dealkylation sites (N-methyl/N-ethyl adjacent to an activating group) is 1. The third kappa shape index (κ3) is 8.63. The van der Waals surface area contributed by atoms with E-state index in [9.17, 15) is 4.79 Å². The fourth-order valence-corrected chi connectivity index (χ4v) is 2.50. The van der Waals surface area contributed by atoms with Gasteiger partial charge >= 0.3 is 0 Å². The molecule has 0 fully saturated rings. The molecule has 2 aromatic rings. The minimum Gasteiger partial charge on any atom is -0.370 e. The van der Waals surface area contributed by atoms with E-state index in [1.165, 1.54) is 11.3 Å². The minimum absolute atomic E-state index is 0. The van der Waals surface area contributed by atoms with Gasteiger partial charge in [-0.2, -0.15) is 4.99 Å². The van der Waals surface area contributed by atoms with Crippen molar-refractivity contribution >= 4 is 65.6 Å². The van der Waals surface area contributed by atoms with E-state index < -0.39 is 0 Å². The zero-order valence-corrected chi connectivity index (χ0v) is 17.5. The summed E-state index contributed by atoms with van der Waals surface area (Å²) >= 11 is 1.33. The highest BCUT2D eigenvalue weighted by Crippen LogP contribution is 2.25. The molecule has 1 amide bonds.